The molecule has 6 heteroatoms. The van der Waals surface area contributed by atoms with Crippen LogP contribution in [-0.4, -0.2) is 12.0 Å². The number of nitrogens with one attached hydrogen (secondary N) is 1. The second-order valence-corrected chi connectivity index (χ2v) is 6.17. The van der Waals surface area contributed by atoms with Gasteiger partial charge in [-0.05, 0) is 36.9 Å². The van der Waals surface area contributed by atoms with Crippen molar-refractivity contribution >= 4 is 33.4 Å². The van der Waals surface area contributed by atoms with Crippen molar-refractivity contribution in [1.82, 2.24) is 5.32 Å². The fraction of sp³-hybridized carbons (Fsp3) is 0.143. The van der Waals surface area contributed by atoms with Crippen LogP contribution in [0.4, 0.5) is 5.69 Å². The summed E-state index contributed by atoms with van der Waals surface area (Å²) in [5, 5.41) is 13.8. The number of nitrogens with zero attached hydrogens (tertiary/aromatic N) is 1. The zero-order valence-corrected chi connectivity index (χ0v) is 13.2. The summed E-state index contributed by atoms with van der Waals surface area (Å²) in [4.78, 5) is 12.4. The molecule has 0 aliphatic carbocycles. The van der Waals surface area contributed by atoms with Crippen LogP contribution in [0.3, 0.4) is 0 Å². The van der Waals surface area contributed by atoms with Crippen LogP contribution < -0.4 is 5.32 Å². The smallest absolute Gasteiger partial charge is 0.269 e. The Morgan fingerprint density at radius 1 is 1.25 bits per heavy atom. The summed E-state index contributed by atoms with van der Waals surface area (Å²) in [6.45, 7) is 0.780. The van der Waals surface area contributed by atoms with E-state index in [0.717, 1.165) is 20.8 Å². The molecule has 0 bridgehead atoms. The molecule has 0 saturated carbocycles. The number of hydrogen-bond donors (Lipinski definition) is 1. The van der Waals surface area contributed by atoms with E-state index in [0.29, 0.717) is 0 Å². The van der Waals surface area contributed by atoms with Gasteiger partial charge in [0, 0.05) is 32.9 Å². The van der Waals surface area contributed by atoms with Crippen molar-refractivity contribution in [2.75, 3.05) is 7.05 Å². The number of hydrogen-bond acceptors (Lipinski definition) is 4. The van der Waals surface area contributed by atoms with E-state index in [2.05, 4.69) is 33.4 Å². The molecule has 0 aromatic heterocycles. The van der Waals surface area contributed by atoms with Gasteiger partial charge in [0.2, 0.25) is 0 Å². The van der Waals surface area contributed by atoms with Crippen LogP contribution in [0.2, 0.25) is 0 Å². The summed E-state index contributed by atoms with van der Waals surface area (Å²) in [5.41, 5.74) is 1.30. The number of nitro groups is 1. The molecule has 2 rings (SSSR count). The first-order valence-corrected chi connectivity index (χ1v) is 7.56. The highest BCUT2D eigenvalue weighted by Crippen LogP contribution is 2.33. The predicted molar refractivity (Wildman–Crippen MR) is 84.1 cm³/mol. The van der Waals surface area contributed by atoms with Crippen molar-refractivity contribution in [2.45, 2.75) is 16.3 Å². The minimum atomic E-state index is -0.389. The second-order valence-electron chi connectivity index (χ2n) is 4.14. The van der Waals surface area contributed by atoms with Gasteiger partial charge in [-0.1, -0.05) is 33.8 Å². The molecule has 1 N–H and O–H groups in total. The summed E-state index contributed by atoms with van der Waals surface area (Å²) in [7, 11) is 1.91. The fourth-order valence-corrected chi connectivity index (χ4v) is 3.22. The van der Waals surface area contributed by atoms with Crippen molar-refractivity contribution in [3.63, 3.8) is 0 Å². The van der Waals surface area contributed by atoms with Gasteiger partial charge >= 0.3 is 0 Å². The zero-order chi connectivity index (χ0) is 14.5. The topological polar surface area (TPSA) is 55.2 Å². The SMILES string of the molecule is CNCc1ccc(Br)cc1Sc1ccc([N+](=O)[O-])cc1. The third kappa shape index (κ3) is 3.82. The zero-order valence-electron chi connectivity index (χ0n) is 10.8. The predicted octanol–water partition coefficient (Wildman–Crippen LogP) is 4.23. The van der Waals surface area contributed by atoms with Crippen LogP contribution in [0.25, 0.3) is 0 Å². The van der Waals surface area contributed by atoms with Gasteiger partial charge in [0.1, 0.15) is 0 Å². The van der Waals surface area contributed by atoms with Crippen molar-refractivity contribution in [2.24, 2.45) is 0 Å². The highest BCUT2D eigenvalue weighted by molar-refractivity contribution is 9.10. The molecule has 0 aliphatic heterocycles. The third-order valence-electron chi connectivity index (χ3n) is 2.67. The van der Waals surface area contributed by atoms with Gasteiger partial charge in [-0.2, -0.15) is 0 Å². The monoisotopic (exact) mass is 352 g/mol. The Balaban J connectivity index is 2.24. The number of halogens is 1. The van der Waals surface area contributed by atoms with Crippen molar-refractivity contribution in [3.8, 4) is 0 Å². The molecule has 0 atom stereocenters. The molecular formula is C14H13BrN2O2S. The molecule has 0 fully saturated rings. The molecule has 0 saturated heterocycles. The van der Waals surface area contributed by atoms with E-state index in [1.807, 2.05) is 13.1 Å². The van der Waals surface area contributed by atoms with E-state index in [1.165, 1.54) is 17.7 Å². The molecule has 2 aromatic carbocycles. The van der Waals surface area contributed by atoms with Gasteiger partial charge in [0.25, 0.3) is 5.69 Å². The van der Waals surface area contributed by atoms with Crippen LogP contribution in [0.15, 0.2) is 56.7 Å². The summed E-state index contributed by atoms with van der Waals surface area (Å²) < 4.78 is 1.02. The summed E-state index contributed by atoms with van der Waals surface area (Å²) in [6.07, 6.45) is 0. The van der Waals surface area contributed by atoms with Gasteiger partial charge in [-0.25, -0.2) is 0 Å². The minimum absolute atomic E-state index is 0.110. The molecule has 0 unspecified atom stereocenters. The lowest BCUT2D eigenvalue weighted by atomic mass is 10.2. The first-order valence-electron chi connectivity index (χ1n) is 5.95. The first kappa shape index (κ1) is 15.0. The van der Waals surface area contributed by atoms with Crippen molar-refractivity contribution in [3.05, 3.63) is 62.6 Å². The number of benzene rings is 2. The molecule has 20 heavy (non-hydrogen) atoms. The third-order valence-corrected chi connectivity index (χ3v) is 4.27. The molecule has 0 aliphatic rings. The lowest BCUT2D eigenvalue weighted by molar-refractivity contribution is -0.384. The van der Waals surface area contributed by atoms with Crippen LogP contribution in [-0.2, 0) is 6.54 Å². The average Bonchev–Trinajstić information content (AvgIpc) is 2.42. The maximum atomic E-state index is 10.6. The molecule has 0 heterocycles. The van der Waals surface area contributed by atoms with E-state index in [1.54, 1.807) is 23.9 Å². The molecule has 104 valence electrons. The highest BCUT2D eigenvalue weighted by atomic mass is 79.9. The Morgan fingerprint density at radius 2 is 1.95 bits per heavy atom. The van der Waals surface area contributed by atoms with Gasteiger partial charge in [-0.3, -0.25) is 10.1 Å². The maximum absolute atomic E-state index is 10.6. The first-order chi connectivity index (χ1) is 9.60. The molecule has 2 aromatic rings. The number of non-ortho nitro benzene ring substituents is 1. The summed E-state index contributed by atoms with van der Waals surface area (Å²) in [5.74, 6) is 0. The minimum Gasteiger partial charge on any atom is -0.316 e. The molecule has 0 spiro atoms. The Kier molecular flexibility index (Phi) is 5.17. The summed E-state index contributed by atoms with van der Waals surface area (Å²) >= 11 is 5.06. The van der Waals surface area contributed by atoms with Crippen LogP contribution >= 0.6 is 27.7 Å². The number of rotatable bonds is 5. The average molecular weight is 353 g/mol. The normalized spacial score (nSPS) is 10.5. The highest BCUT2D eigenvalue weighted by Gasteiger charge is 2.08. The van der Waals surface area contributed by atoms with E-state index in [4.69, 9.17) is 0 Å². The van der Waals surface area contributed by atoms with Gasteiger partial charge in [0.15, 0.2) is 0 Å². The second kappa shape index (κ2) is 6.88. The molecule has 0 amide bonds. The molecular weight excluding hydrogens is 340 g/mol. The maximum Gasteiger partial charge on any atom is 0.269 e. The van der Waals surface area contributed by atoms with Crippen LogP contribution in [0, 0.1) is 10.1 Å². The Hall–Kier alpha value is -1.37. The quantitative estimate of drug-likeness (QED) is 0.646. The Labute approximate surface area is 129 Å². The van der Waals surface area contributed by atoms with E-state index < -0.39 is 0 Å². The van der Waals surface area contributed by atoms with Gasteiger partial charge < -0.3 is 5.32 Å². The van der Waals surface area contributed by atoms with E-state index in [9.17, 15) is 10.1 Å². The van der Waals surface area contributed by atoms with E-state index >= 15 is 0 Å². The Bertz CT molecular complexity index is 617. The van der Waals surface area contributed by atoms with Crippen LogP contribution in [0.1, 0.15) is 5.56 Å². The lowest BCUT2D eigenvalue weighted by Gasteiger charge is -2.09. The fourth-order valence-electron chi connectivity index (χ4n) is 1.72. The van der Waals surface area contributed by atoms with Crippen molar-refractivity contribution in [1.29, 1.82) is 0 Å². The molecule has 4 nitrogen and oxygen atoms in total. The van der Waals surface area contributed by atoms with E-state index in [-0.39, 0.29) is 10.6 Å². The van der Waals surface area contributed by atoms with Crippen LogP contribution in [0.5, 0.6) is 0 Å². The molecule has 0 radical (unpaired) electrons. The standard InChI is InChI=1S/C14H13BrN2O2S/c1-16-9-10-2-3-11(15)8-14(10)20-13-6-4-12(5-7-13)17(18)19/h2-8,16H,9H2,1H3. The summed E-state index contributed by atoms with van der Waals surface area (Å²) in [6, 6.07) is 12.7. The Morgan fingerprint density at radius 3 is 2.55 bits per heavy atom. The number of nitro benzene ring substituents is 1. The lowest BCUT2D eigenvalue weighted by Crippen LogP contribution is -2.05. The van der Waals surface area contributed by atoms with Crippen molar-refractivity contribution < 1.29 is 4.92 Å². The largest absolute Gasteiger partial charge is 0.316 e. The van der Waals surface area contributed by atoms with Gasteiger partial charge in [-0.15, -0.1) is 0 Å². The van der Waals surface area contributed by atoms with Gasteiger partial charge in [0.05, 0.1) is 4.92 Å².